The number of hydrogen-bond donors (Lipinski definition) is 12. The number of Topliss-reactive ketones (excluding diaryl/α,β-unsaturated/α-hetero) is 4. The van der Waals surface area contributed by atoms with Crippen molar-refractivity contribution in [3.63, 3.8) is 0 Å². The summed E-state index contributed by atoms with van der Waals surface area (Å²) < 4.78 is 68.3. The molecule has 1 unspecified atom stereocenters. The highest BCUT2D eigenvalue weighted by Crippen LogP contribution is 2.49. The average Bonchev–Trinajstić information content (AvgIpc) is 2.91. The van der Waals surface area contributed by atoms with Gasteiger partial charge in [-0.15, -0.1) is 0 Å². The number of hydrogen-bond acceptors (Lipinski definition) is 17. The second-order valence-electron chi connectivity index (χ2n) is 11.4. The number of carboxylic acid groups (broad SMARTS) is 1. The van der Waals surface area contributed by atoms with Gasteiger partial charge in [-0.3, -0.25) is 65.6 Å². The lowest BCUT2D eigenvalue weighted by Crippen LogP contribution is -2.44. The SMILES string of the molecule is C.CC(=O)C(C)S(C)(O)O.CC(=O)CBr.CC(=O)CS(C)(O)O.CC(C)(C(=O)NO)S(C)(O)O.CC(C)(C(=O)O)S(C)(O)O.CS.CSCC(C)=O. The molecular formula is C28H68BrNO16S6. The molecule has 324 valence electrons. The fraction of sp³-hybridized carbons (Fsp3) is 0.786. The summed E-state index contributed by atoms with van der Waals surface area (Å²) in [6, 6.07) is 0. The molecule has 0 saturated heterocycles. The van der Waals surface area contributed by atoms with Crippen LogP contribution in [-0.2, 0) is 28.8 Å². The maximum absolute atomic E-state index is 10.8. The number of rotatable bonds is 11. The Morgan fingerprint density at radius 2 is 1.04 bits per heavy atom. The molecule has 0 aromatic carbocycles. The number of aliphatic carboxylic acids is 1. The third kappa shape index (κ3) is 44.2. The first-order chi connectivity index (χ1) is 22.2. The molecule has 0 rings (SSSR count). The van der Waals surface area contributed by atoms with Crippen molar-refractivity contribution in [2.45, 2.75) is 84.5 Å². The van der Waals surface area contributed by atoms with E-state index >= 15 is 0 Å². The minimum Gasteiger partial charge on any atom is -0.480 e. The molecule has 0 bridgehead atoms. The van der Waals surface area contributed by atoms with E-state index in [0.717, 1.165) is 12.5 Å². The molecule has 0 heterocycles. The zero-order chi connectivity index (χ0) is 43.6. The van der Waals surface area contributed by atoms with Crippen LogP contribution in [0.3, 0.4) is 0 Å². The minimum absolute atomic E-state index is 0. The van der Waals surface area contributed by atoms with Crippen LogP contribution in [0.2, 0.25) is 0 Å². The molecule has 0 radical (unpaired) electrons. The van der Waals surface area contributed by atoms with Gasteiger partial charge in [-0.2, -0.15) is 66.7 Å². The molecular weight excluding hydrogens is 879 g/mol. The lowest BCUT2D eigenvalue weighted by molar-refractivity contribution is -0.139. The van der Waals surface area contributed by atoms with Gasteiger partial charge in [0.25, 0.3) is 5.91 Å². The molecule has 0 aromatic heterocycles. The van der Waals surface area contributed by atoms with Crippen molar-refractivity contribution in [3.05, 3.63) is 0 Å². The largest absolute Gasteiger partial charge is 0.480 e. The number of hydroxylamine groups is 1. The van der Waals surface area contributed by atoms with Crippen LogP contribution in [0.25, 0.3) is 0 Å². The summed E-state index contributed by atoms with van der Waals surface area (Å²) in [6.07, 6.45) is 8.43. The molecule has 0 aliphatic heterocycles. The van der Waals surface area contributed by atoms with Gasteiger partial charge in [0.05, 0.1) is 16.8 Å². The molecule has 0 aliphatic rings. The zero-order valence-corrected chi connectivity index (χ0v) is 38.5. The Hall–Kier alpha value is -0.160. The van der Waals surface area contributed by atoms with Gasteiger partial charge >= 0.3 is 5.97 Å². The maximum Gasteiger partial charge on any atom is 0.328 e. The van der Waals surface area contributed by atoms with Crippen LogP contribution >= 0.6 is 82.7 Å². The molecule has 0 saturated carbocycles. The molecule has 0 aliphatic carbocycles. The topological polar surface area (TPSA) is 317 Å². The van der Waals surface area contributed by atoms with Crippen LogP contribution in [0.15, 0.2) is 0 Å². The van der Waals surface area contributed by atoms with Crippen LogP contribution < -0.4 is 5.48 Å². The maximum atomic E-state index is 10.8. The summed E-state index contributed by atoms with van der Waals surface area (Å²) in [5.41, 5.74) is 1.37. The molecule has 11 N–H and O–H groups in total. The molecule has 0 fully saturated rings. The highest BCUT2D eigenvalue weighted by atomic mass is 79.9. The fourth-order valence-corrected chi connectivity index (χ4v) is 3.91. The monoisotopic (exact) mass is 945 g/mol. The predicted molar refractivity (Wildman–Crippen MR) is 232 cm³/mol. The van der Waals surface area contributed by atoms with Gasteiger partial charge < -0.3 is 5.11 Å². The Labute approximate surface area is 335 Å². The zero-order valence-electron chi connectivity index (χ0n) is 32.0. The van der Waals surface area contributed by atoms with Crippen molar-refractivity contribution >= 4 is 118 Å². The highest BCUT2D eigenvalue weighted by molar-refractivity contribution is 9.09. The second-order valence-corrected chi connectivity index (χ2v) is 23.0. The number of amides is 1. The van der Waals surface area contributed by atoms with Gasteiger partial charge in [0, 0.05) is 25.0 Å². The van der Waals surface area contributed by atoms with E-state index in [1.54, 1.807) is 24.9 Å². The van der Waals surface area contributed by atoms with E-state index in [9.17, 15) is 28.8 Å². The molecule has 1 amide bonds. The summed E-state index contributed by atoms with van der Waals surface area (Å²) in [6.45, 7) is 12.6. The van der Waals surface area contributed by atoms with Crippen LogP contribution in [0, 0.1) is 0 Å². The van der Waals surface area contributed by atoms with E-state index in [1.165, 1.54) is 73.4 Å². The third-order valence-electron chi connectivity index (χ3n) is 5.35. The molecule has 0 aromatic rings. The fourth-order valence-electron chi connectivity index (χ4n) is 1.38. The molecule has 52 heavy (non-hydrogen) atoms. The number of nitrogens with one attached hydrogen (secondary N) is 1. The van der Waals surface area contributed by atoms with Gasteiger partial charge in [0.2, 0.25) is 0 Å². The first-order valence-electron chi connectivity index (χ1n) is 13.8. The van der Waals surface area contributed by atoms with Crippen LogP contribution in [-0.4, -0.2) is 151 Å². The average molecular weight is 947 g/mol. The Morgan fingerprint density at radius 3 is 1.06 bits per heavy atom. The van der Waals surface area contributed by atoms with Crippen molar-refractivity contribution in [3.8, 4) is 0 Å². The van der Waals surface area contributed by atoms with E-state index in [0.29, 0.717) is 11.1 Å². The lowest BCUT2D eigenvalue weighted by Gasteiger charge is -2.41. The Balaban J connectivity index is -0.0000000746. The number of thioether (sulfide) groups is 1. The van der Waals surface area contributed by atoms with E-state index in [-0.39, 0.29) is 36.3 Å². The van der Waals surface area contributed by atoms with Gasteiger partial charge in [0.15, 0.2) is 10.5 Å². The summed E-state index contributed by atoms with van der Waals surface area (Å²) in [4.78, 5) is 61.6. The molecule has 24 heteroatoms. The van der Waals surface area contributed by atoms with Crippen molar-refractivity contribution < 1.29 is 75.5 Å². The number of ketones is 4. The van der Waals surface area contributed by atoms with E-state index in [1.807, 2.05) is 6.26 Å². The van der Waals surface area contributed by atoms with E-state index in [4.69, 9.17) is 46.7 Å². The summed E-state index contributed by atoms with van der Waals surface area (Å²) >= 11 is 8.05. The van der Waals surface area contributed by atoms with Gasteiger partial charge in [-0.25, -0.2) is 10.3 Å². The second kappa shape index (κ2) is 33.0. The Bertz CT molecular complexity index is 1020. The number of thiol groups is 1. The van der Waals surface area contributed by atoms with Crippen molar-refractivity contribution in [2.75, 3.05) is 54.4 Å². The number of alkyl halides is 1. The minimum atomic E-state index is -3.00. The highest BCUT2D eigenvalue weighted by Gasteiger charge is 2.39. The quantitative estimate of drug-likeness (QED) is 0.0419. The lowest BCUT2D eigenvalue weighted by atomic mass is 10.2. The Morgan fingerprint density at radius 1 is 0.731 bits per heavy atom. The van der Waals surface area contributed by atoms with Gasteiger partial charge in [-0.05, 0) is 74.8 Å². The number of halogens is 1. The van der Waals surface area contributed by atoms with Crippen LogP contribution in [0.4, 0.5) is 0 Å². The molecule has 1 atom stereocenters. The van der Waals surface area contributed by atoms with E-state index < -0.39 is 69.0 Å². The number of carbonyl (C=O) groups is 6. The van der Waals surface area contributed by atoms with Crippen molar-refractivity contribution in [2.24, 2.45) is 0 Å². The van der Waals surface area contributed by atoms with Crippen molar-refractivity contribution in [1.29, 1.82) is 0 Å². The first kappa shape index (κ1) is 69.7. The van der Waals surface area contributed by atoms with E-state index in [2.05, 4.69) is 28.6 Å². The normalized spacial score (nSPS) is 12.7. The summed E-state index contributed by atoms with van der Waals surface area (Å²) in [7, 11) is -11.2. The van der Waals surface area contributed by atoms with Gasteiger partial charge in [-0.1, -0.05) is 23.4 Å². The molecule has 17 nitrogen and oxygen atoms in total. The number of carbonyl (C=O) groups excluding carboxylic acids is 5. The first-order valence-corrected chi connectivity index (χ1v) is 25.2. The summed E-state index contributed by atoms with van der Waals surface area (Å²) in [5, 5.41) is 16.6. The van der Waals surface area contributed by atoms with Crippen LogP contribution in [0.1, 0.15) is 69.7 Å². The predicted octanol–water partition coefficient (Wildman–Crippen LogP) is 7.27. The third-order valence-corrected chi connectivity index (χ3v) is 13.7. The summed E-state index contributed by atoms with van der Waals surface area (Å²) in [5.74, 6) is -1.42. The van der Waals surface area contributed by atoms with Crippen molar-refractivity contribution in [1.82, 2.24) is 5.48 Å². The molecule has 0 spiro atoms. The van der Waals surface area contributed by atoms with Gasteiger partial charge in [0.1, 0.15) is 27.3 Å². The van der Waals surface area contributed by atoms with Crippen LogP contribution in [0.5, 0.6) is 0 Å². The number of carboxylic acids is 1. The standard InChI is InChI=1S/C5H13NO4S.C5H12O4S.C5H12O3S.C4H10O3S.C4H8OS.C3H5BrO.CH4S.CH4/c1-5(2,4(7)6-8)11(3,9)10;1-5(2,4(6)7)10(3,8)9;1-4(6)5(2)9(3,7)8;1-4(5)3-8(2,6)7;1-4(5)3-6-2;1-3(5)2-4;1-2;/h8-10H,1-3H3,(H,6,7);8-9H,1-3H3,(H,6,7);5,7-8H,1-3H3;6-7H,3H2,1-2H3;3H2,1-2H3;2H2,1H3;2H,1H3;1H4. The smallest absolute Gasteiger partial charge is 0.328 e. The Kier molecular flexibility index (Phi) is 44.3.